The smallest absolute Gasteiger partial charge is 0.0303 e. The molecule has 0 aromatic carbocycles. The van der Waals surface area contributed by atoms with E-state index in [0.29, 0.717) is 5.41 Å². The highest BCUT2D eigenvalue weighted by atomic mass is 14.3. The van der Waals surface area contributed by atoms with Gasteiger partial charge in [0, 0.05) is 0 Å². The van der Waals surface area contributed by atoms with Gasteiger partial charge in [0.15, 0.2) is 0 Å². The molecule has 0 fully saturated rings. The molecule has 0 nitrogen and oxygen atoms in total. The Labute approximate surface area is 105 Å². The molecule has 0 heteroatoms. The maximum Gasteiger partial charge on any atom is -0.0303 e. The summed E-state index contributed by atoms with van der Waals surface area (Å²) in [6, 6.07) is 0. The average Bonchev–Trinajstić information content (AvgIpc) is 2.25. The Bertz CT molecular complexity index is 120. The first-order chi connectivity index (χ1) is 7.51. The van der Waals surface area contributed by atoms with Crippen LogP contribution in [-0.2, 0) is 0 Å². The standard InChI is InChI=1S/C13H28.C3H8/c1-6-10-13(7-2,8-3)11-9-12(4)5;1-3-2/h12H,6-11H2,1-5H3;3H2,1-2H3. The fraction of sp³-hybridized carbons (Fsp3) is 1.00. The molecule has 0 radical (unpaired) electrons. The molecule has 0 saturated heterocycles. The molecule has 0 aliphatic rings. The average molecular weight is 228 g/mol. The van der Waals surface area contributed by atoms with E-state index in [1.165, 1.54) is 44.9 Å². The van der Waals surface area contributed by atoms with Crippen LogP contribution in [0, 0.1) is 11.3 Å². The molecule has 0 heterocycles. The third-order valence-corrected chi connectivity index (χ3v) is 3.53. The van der Waals surface area contributed by atoms with Crippen LogP contribution in [0.3, 0.4) is 0 Å². The van der Waals surface area contributed by atoms with Gasteiger partial charge >= 0.3 is 0 Å². The van der Waals surface area contributed by atoms with Gasteiger partial charge in [0.25, 0.3) is 0 Å². The van der Waals surface area contributed by atoms with Gasteiger partial charge in [-0.05, 0) is 24.2 Å². The van der Waals surface area contributed by atoms with E-state index >= 15 is 0 Å². The van der Waals surface area contributed by atoms with Crippen LogP contribution in [0.2, 0.25) is 0 Å². The third-order valence-electron chi connectivity index (χ3n) is 3.53. The van der Waals surface area contributed by atoms with Gasteiger partial charge in [-0.2, -0.15) is 0 Å². The molecule has 0 unspecified atom stereocenters. The van der Waals surface area contributed by atoms with Gasteiger partial charge in [0.2, 0.25) is 0 Å². The summed E-state index contributed by atoms with van der Waals surface area (Å²) >= 11 is 0. The molecule has 0 spiro atoms. The van der Waals surface area contributed by atoms with Crippen LogP contribution < -0.4 is 0 Å². The lowest BCUT2D eigenvalue weighted by atomic mass is 9.74. The van der Waals surface area contributed by atoms with E-state index in [4.69, 9.17) is 0 Å². The summed E-state index contributed by atoms with van der Waals surface area (Å²) in [4.78, 5) is 0. The van der Waals surface area contributed by atoms with Gasteiger partial charge in [-0.15, -0.1) is 0 Å². The van der Waals surface area contributed by atoms with Crippen molar-refractivity contribution in [3.63, 3.8) is 0 Å². The van der Waals surface area contributed by atoms with E-state index in [0.717, 1.165) is 5.92 Å². The van der Waals surface area contributed by atoms with Crippen LogP contribution in [-0.4, -0.2) is 0 Å². The van der Waals surface area contributed by atoms with Crippen molar-refractivity contribution in [3.8, 4) is 0 Å². The van der Waals surface area contributed by atoms with Gasteiger partial charge in [-0.3, -0.25) is 0 Å². The van der Waals surface area contributed by atoms with E-state index in [2.05, 4.69) is 48.5 Å². The topological polar surface area (TPSA) is 0 Å². The summed E-state index contributed by atoms with van der Waals surface area (Å²) < 4.78 is 0. The predicted molar refractivity (Wildman–Crippen MR) is 78.0 cm³/mol. The minimum Gasteiger partial charge on any atom is -0.0656 e. The van der Waals surface area contributed by atoms with Crippen LogP contribution >= 0.6 is 0 Å². The summed E-state index contributed by atoms with van der Waals surface area (Å²) in [6.45, 7) is 16.0. The molecule has 0 atom stereocenters. The highest BCUT2D eigenvalue weighted by Crippen LogP contribution is 2.37. The lowest BCUT2D eigenvalue weighted by Crippen LogP contribution is -2.19. The monoisotopic (exact) mass is 228 g/mol. The minimum absolute atomic E-state index is 0.666. The Hall–Kier alpha value is 0. The quantitative estimate of drug-likeness (QED) is 0.470. The van der Waals surface area contributed by atoms with Crippen molar-refractivity contribution in [2.24, 2.45) is 11.3 Å². The summed E-state index contributed by atoms with van der Waals surface area (Å²) in [7, 11) is 0. The van der Waals surface area contributed by atoms with Crippen LogP contribution in [0.5, 0.6) is 0 Å². The molecule has 0 aliphatic carbocycles. The Morgan fingerprint density at radius 2 is 1.25 bits per heavy atom. The lowest BCUT2D eigenvalue weighted by Gasteiger charge is -2.32. The highest BCUT2D eigenvalue weighted by Gasteiger charge is 2.24. The van der Waals surface area contributed by atoms with Crippen molar-refractivity contribution >= 4 is 0 Å². The van der Waals surface area contributed by atoms with E-state index in [9.17, 15) is 0 Å². The Balaban J connectivity index is 0. The third kappa shape index (κ3) is 9.24. The van der Waals surface area contributed by atoms with Gasteiger partial charge in [0.05, 0.1) is 0 Å². The fourth-order valence-electron chi connectivity index (χ4n) is 2.21. The summed E-state index contributed by atoms with van der Waals surface area (Å²) in [5.74, 6) is 0.870. The van der Waals surface area contributed by atoms with Crippen LogP contribution in [0.15, 0.2) is 0 Å². The molecule has 0 rings (SSSR count). The number of hydrogen-bond donors (Lipinski definition) is 0. The van der Waals surface area contributed by atoms with Gasteiger partial charge in [0.1, 0.15) is 0 Å². The molecule has 0 aromatic rings. The van der Waals surface area contributed by atoms with Crippen molar-refractivity contribution in [2.75, 3.05) is 0 Å². The van der Waals surface area contributed by atoms with E-state index in [1.807, 2.05) is 0 Å². The van der Waals surface area contributed by atoms with Crippen LogP contribution in [0.1, 0.15) is 93.4 Å². The number of rotatable bonds is 7. The summed E-state index contributed by atoms with van der Waals surface area (Å²) in [5, 5.41) is 0. The Kier molecular flexibility index (Phi) is 13.2. The maximum atomic E-state index is 2.36. The minimum atomic E-state index is 0.666. The molecule has 0 aliphatic heterocycles. The Morgan fingerprint density at radius 1 is 0.812 bits per heavy atom. The molecule has 0 bridgehead atoms. The Morgan fingerprint density at radius 3 is 1.50 bits per heavy atom. The van der Waals surface area contributed by atoms with E-state index in [-0.39, 0.29) is 0 Å². The van der Waals surface area contributed by atoms with Gasteiger partial charge in [-0.1, -0.05) is 80.6 Å². The predicted octanol–water partition coefficient (Wildman–Crippen LogP) is 6.45. The SMILES string of the molecule is CCC.CCCC(CC)(CC)CCC(C)C. The zero-order chi connectivity index (χ0) is 13.0. The molecule has 0 saturated carbocycles. The van der Waals surface area contributed by atoms with Crippen LogP contribution in [0.4, 0.5) is 0 Å². The van der Waals surface area contributed by atoms with E-state index in [1.54, 1.807) is 0 Å². The molecular weight excluding hydrogens is 192 g/mol. The first-order valence-electron chi connectivity index (χ1n) is 7.51. The largest absolute Gasteiger partial charge is 0.0656 e. The first kappa shape index (κ1) is 18.4. The lowest BCUT2D eigenvalue weighted by molar-refractivity contribution is 0.200. The van der Waals surface area contributed by atoms with Crippen molar-refractivity contribution in [2.45, 2.75) is 93.4 Å². The molecule has 16 heavy (non-hydrogen) atoms. The van der Waals surface area contributed by atoms with E-state index < -0.39 is 0 Å². The molecular formula is C16H36. The fourth-order valence-corrected chi connectivity index (χ4v) is 2.21. The summed E-state index contributed by atoms with van der Waals surface area (Å²) in [6.07, 6.45) is 9.59. The highest BCUT2D eigenvalue weighted by molar-refractivity contribution is 4.76. The van der Waals surface area contributed by atoms with Gasteiger partial charge < -0.3 is 0 Å². The van der Waals surface area contributed by atoms with Crippen molar-refractivity contribution in [1.82, 2.24) is 0 Å². The first-order valence-corrected chi connectivity index (χ1v) is 7.51. The molecule has 100 valence electrons. The second kappa shape index (κ2) is 11.5. The van der Waals surface area contributed by atoms with Gasteiger partial charge in [-0.25, -0.2) is 0 Å². The molecule has 0 amide bonds. The normalized spacial score (nSPS) is 11.2. The summed E-state index contributed by atoms with van der Waals surface area (Å²) in [5.41, 5.74) is 0.666. The zero-order valence-corrected chi connectivity index (χ0v) is 13.0. The number of hydrogen-bond acceptors (Lipinski definition) is 0. The molecule has 0 aromatic heterocycles. The van der Waals surface area contributed by atoms with Crippen molar-refractivity contribution in [1.29, 1.82) is 0 Å². The second-order valence-corrected chi connectivity index (χ2v) is 5.60. The zero-order valence-electron chi connectivity index (χ0n) is 13.0. The van der Waals surface area contributed by atoms with Crippen molar-refractivity contribution < 1.29 is 0 Å². The maximum absolute atomic E-state index is 2.36. The van der Waals surface area contributed by atoms with Crippen molar-refractivity contribution in [3.05, 3.63) is 0 Å². The molecule has 0 N–H and O–H groups in total. The second-order valence-electron chi connectivity index (χ2n) is 5.60. The van der Waals surface area contributed by atoms with Crippen LogP contribution in [0.25, 0.3) is 0 Å².